The van der Waals surface area contributed by atoms with Crippen LogP contribution in [0.3, 0.4) is 0 Å². The van der Waals surface area contributed by atoms with E-state index in [1.165, 1.54) is 7.11 Å². The Morgan fingerprint density at radius 3 is 2.83 bits per heavy atom. The molecule has 0 aliphatic carbocycles. The van der Waals surface area contributed by atoms with E-state index >= 15 is 0 Å². The van der Waals surface area contributed by atoms with E-state index in [1.807, 2.05) is 0 Å². The molecule has 0 radical (unpaired) electrons. The van der Waals surface area contributed by atoms with Crippen molar-refractivity contribution in [3.05, 3.63) is 0 Å². The van der Waals surface area contributed by atoms with Crippen molar-refractivity contribution in [2.75, 3.05) is 7.11 Å². The fourth-order valence-electron chi connectivity index (χ4n) is 0.861. The van der Waals surface area contributed by atoms with Gasteiger partial charge in [0, 0.05) is 6.42 Å². The molecule has 0 saturated carbocycles. The van der Waals surface area contributed by atoms with E-state index in [0.717, 1.165) is 19.3 Å². The average Bonchev–Trinajstić information content (AvgIpc) is 2.10. The van der Waals surface area contributed by atoms with Crippen LogP contribution in [0.4, 0.5) is 0 Å². The van der Waals surface area contributed by atoms with Crippen molar-refractivity contribution in [1.29, 1.82) is 0 Å². The van der Waals surface area contributed by atoms with Gasteiger partial charge >= 0.3 is 5.97 Å². The van der Waals surface area contributed by atoms with Crippen LogP contribution in [0.15, 0.2) is 0 Å². The van der Waals surface area contributed by atoms with Gasteiger partial charge in [-0.1, -0.05) is 6.42 Å². The lowest BCUT2D eigenvalue weighted by Gasteiger charge is -2.07. The molecular weight excluding hydrogens is 154 g/mol. The molecule has 0 bridgehead atoms. The first-order chi connectivity index (χ1) is 5.72. The third-order valence-corrected chi connectivity index (χ3v) is 1.59. The predicted octanol–water partition coefficient (Wildman–Crippen LogP) is 0.680. The van der Waals surface area contributed by atoms with Crippen LogP contribution in [-0.2, 0) is 9.53 Å². The minimum Gasteiger partial charge on any atom is -0.468 e. The highest BCUT2D eigenvalue weighted by Crippen LogP contribution is 2.02. The minimum absolute atomic E-state index is 0.351. The molecule has 3 heteroatoms. The number of esters is 1. The molecule has 0 aromatic heterocycles. The summed E-state index contributed by atoms with van der Waals surface area (Å²) in [5.41, 5.74) is 5.48. The lowest BCUT2D eigenvalue weighted by molar-refractivity contribution is -0.142. The summed E-state index contributed by atoms with van der Waals surface area (Å²) in [4.78, 5) is 10.8. The van der Waals surface area contributed by atoms with Crippen LogP contribution in [0, 0.1) is 12.3 Å². The van der Waals surface area contributed by atoms with Crippen LogP contribution in [0.25, 0.3) is 0 Å². The van der Waals surface area contributed by atoms with Crippen LogP contribution in [-0.4, -0.2) is 19.1 Å². The molecule has 2 N–H and O–H groups in total. The summed E-state index contributed by atoms with van der Waals surface area (Å²) in [5.74, 6) is 2.18. The van der Waals surface area contributed by atoms with Crippen LogP contribution in [0.5, 0.6) is 0 Å². The molecule has 0 fully saturated rings. The zero-order valence-electron chi connectivity index (χ0n) is 7.38. The Morgan fingerprint density at radius 1 is 1.67 bits per heavy atom. The van der Waals surface area contributed by atoms with E-state index in [2.05, 4.69) is 10.7 Å². The van der Waals surface area contributed by atoms with Crippen molar-refractivity contribution in [2.45, 2.75) is 31.7 Å². The molecule has 1 atom stereocenters. The maximum Gasteiger partial charge on any atom is 0.322 e. The molecule has 3 nitrogen and oxygen atoms in total. The van der Waals surface area contributed by atoms with Crippen LogP contribution < -0.4 is 5.73 Å². The number of carbonyl (C=O) groups excluding carboxylic acids is 1. The van der Waals surface area contributed by atoms with Gasteiger partial charge in [0.15, 0.2) is 0 Å². The lowest BCUT2D eigenvalue weighted by atomic mass is 10.1. The van der Waals surface area contributed by atoms with Gasteiger partial charge in [-0.2, -0.15) is 0 Å². The Labute approximate surface area is 73.3 Å². The Hall–Kier alpha value is -1.01. The van der Waals surface area contributed by atoms with Crippen molar-refractivity contribution in [3.63, 3.8) is 0 Å². The molecule has 0 aromatic carbocycles. The highest BCUT2D eigenvalue weighted by atomic mass is 16.5. The van der Waals surface area contributed by atoms with Gasteiger partial charge in [-0.3, -0.25) is 4.79 Å². The van der Waals surface area contributed by atoms with E-state index in [-0.39, 0.29) is 5.97 Å². The molecule has 68 valence electrons. The predicted molar refractivity (Wildman–Crippen MR) is 47.3 cm³/mol. The number of carbonyl (C=O) groups is 1. The smallest absolute Gasteiger partial charge is 0.322 e. The highest BCUT2D eigenvalue weighted by molar-refractivity contribution is 5.75. The van der Waals surface area contributed by atoms with E-state index < -0.39 is 6.04 Å². The van der Waals surface area contributed by atoms with Gasteiger partial charge in [-0.05, 0) is 12.8 Å². The van der Waals surface area contributed by atoms with Crippen LogP contribution in [0.2, 0.25) is 0 Å². The zero-order chi connectivity index (χ0) is 9.40. The number of ether oxygens (including phenoxy) is 1. The number of hydrogen-bond donors (Lipinski definition) is 1. The van der Waals surface area contributed by atoms with Crippen molar-refractivity contribution in [2.24, 2.45) is 5.73 Å². The summed E-state index contributed by atoms with van der Waals surface area (Å²) in [6.45, 7) is 0. The van der Waals surface area contributed by atoms with E-state index in [0.29, 0.717) is 6.42 Å². The number of terminal acetylenes is 1. The number of rotatable bonds is 5. The van der Waals surface area contributed by atoms with Crippen molar-refractivity contribution in [1.82, 2.24) is 0 Å². The van der Waals surface area contributed by atoms with Gasteiger partial charge in [0.1, 0.15) is 6.04 Å². The Bertz CT molecular complexity index is 172. The summed E-state index contributed by atoms with van der Waals surface area (Å²) in [7, 11) is 1.34. The fraction of sp³-hybridized carbons (Fsp3) is 0.667. The van der Waals surface area contributed by atoms with Gasteiger partial charge in [0.2, 0.25) is 0 Å². The molecule has 0 spiro atoms. The minimum atomic E-state index is -0.493. The van der Waals surface area contributed by atoms with Crippen molar-refractivity contribution >= 4 is 5.97 Å². The zero-order valence-corrected chi connectivity index (χ0v) is 7.38. The molecular formula is C9H15NO2. The monoisotopic (exact) mass is 169 g/mol. The van der Waals surface area contributed by atoms with Gasteiger partial charge in [-0.25, -0.2) is 0 Å². The number of hydrogen-bond acceptors (Lipinski definition) is 3. The molecule has 0 aromatic rings. The number of nitrogens with two attached hydrogens (primary N) is 1. The number of methoxy groups -OCH3 is 1. The van der Waals surface area contributed by atoms with Crippen molar-refractivity contribution < 1.29 is 9.53 Å². The topological polar surface area (TPSA) is 52.3 Å². The molecule has 0 amide bonds. The second-order valence-electron chi connectivity index (χ2n) is 2.58. The Balaban J connectivity index is 3.38. The third-order valence-electron chi connectivity index (χ3n) is 1.59. The lowest BCUT2D eigenvalue weighted by Crippen LogP contribution is -2.31. The van der Waals surface area contributed by atoms with Gasteiger partial charge in [-0.15, -0.1) is 12.3 Å². The largest absolute Gasteiger partial charge is 0.468 e. The highest BCUT2D eigenvalue weighted by Gasteiger charge is 2.11. The number of unbranched alkanes of at least 4 members (excludes halogenated alkanes) is 2. The van der Waals surface area contributed by atoms with E-state index in [1.54, 1.807) is 0 Å². The van der Waals surface area contributed by atoms with E-state index in [9.17, 15) is 4.79 Å². The molecule has 0 aliphatic heterocycles. The Kier molecular flexibility index (Phi) is 6.12. The molecule has 0 rings (SSSR count). The summed E-state index contributed by atoms with van der Waals surface area (Å²) in [6, 6.07) is -0.493. The first kappa shape index (κ1) is 11.0. The molecule has 0 aliphatic rings. The SMILES string of the molecule is C#CCCCCC(N)C(=O)OC. The maximum atomic E-state index is 10.8. The summed E-state index contributed by atoms with van der Waals surface area (Å²) >= 11 is 0. The van der Waals surface area contributed by atoms with Crippen molar-refractivity contribution in [3.8, 4) is 12.3 Å². The van der Waals surface area contributed by atoms with Crippen LogP contribution >= 0.6 is 0 Å². The normalized spacial score (nSPS) is 11.8. The quantitative estimate of drug-likeness (QED) is 0.374. The molecule has 0 heterocycles. The summed E-state index contributed by atoms with van der Waals surface area (Å²) in [5, 5.41) is 0. The maximum absolute atomic E-state index is 10.8. The Morgan fingerprint density at radius 2 is 2.33 bits per heavy atom. The molecule has 0 saturated heterocycles. The molecule has 12 heavy (non-hydrogen) atoms. The second kappa shape index (κ2) is 6.68. The fourth-order valence-corrected chi connectivity index (χ4v) is 0.861. The first-order valence-electron chi connectivity index (χ1n) is 3.99. The second-order valence-corrected chi connectivity index (χ2v) is 2.58. The third kappa shape index (κ3) is 4.75. The average molecular weight is 169 g/mol. The van der Waals surface area contributed by atoms with Gasteiger partial charge in [0.05, 0.1) is 7.11 Å². The van der Waals surface area contributed by atoms with Gasteiger partial charge < -0.3 is 10.5 Å². The van der Waals surface area contributed by atoms with Gasteiger partial charge in [0.25, 0.3) is 0 Å². The first-order valence-corrected chi connectivity index (χ1v) is 3.99. The standard InChI is InChI=1S/C9H15NO2/c1-3-4-5-6-7-8(10)9(11)12-2/h1,8H,4-7,10H2,2H3. The summed E-state index contributed by atoms with van der Waals surface area (Å²) in [6.07, 6.45) is 8.24. The van der Waals surface area contributed by atoms with Crippen LogP contribution in [0.1, 0.15) is 25.7 Å². The molecule has 1 unspecified atom stereocenters. The van der Waals surface area contributed by atoms with E-state index in [4.69, 9.17) is 12.2 Å². The summed E-state index contributed by atoms with van der Waals surface area (Å²) < 4.78 is 4.46.